The fourth-order valence-electron chi connectivity index (χ4n) is 2.84. The molecule has 0 saturated heterocycles. The summed E-state index contributed by atoms with van der Waals surface area (Å²) in [6.45, 7) is 6.28. The van der Waals surface area contributed by atoms with Crippen molar-refractivity contribution in [2.45, 2.75) is 38.8 Å². The molecule has 0 amide bonds. The molecule has 133 valence electrons. The van der Waals surface area contributed by atoms with Gasteiger partial charge < -0.3 is 14.9 Å². The zero-order chi connectivity index (χ0) is 18.2. The van der Waals surface area contributed by atoms with E-state index < -0.39 is 12.0 Å². The smallest absolute Gasteiger partial charge is 0.326 e. The number of azide groups is 1. The first-order valence-corrected chi connectivity index (χ1v) is 8.37. The molecule has 1 radical (unpaired) electrons. The van der Waals surface area contributed by atoms with Gasteiger partial charge in [0, 0.05) is 23.9 Å². The van der Waals surface area contributed by atoms with Crippen LogP contribution in [0.25, 0.3) is 10.4 Å². The number of carbonyl (C=O) groups is 1. The van der Waals surface area contributed by atoms with Gasteiger partial charge in [-0.25, -0.2) is 4.79 Å². The normalized spacial score (nSPS) is 16.0. The van der Waals surface area contributed by atoms with Gasteiger partial charge in [-0.1, -0.05) is 49.3 Å². The summed E-state index contributed by atoms with van der Waals surface area (Å²) in [6, 6.07) is 9.03. The molecule has 0 bridgehead atoms. The summed E-state index contributed by atoms with van der Waals surface area (Å²) in [6.07, 6.45) is 4.78. The zero-order valence-corrected chi connectivity index (χ0v) is 14.6. The molecular weight excluding hydrogens is 318 g/mol. The lowest BCUT2D eigenvalue weighted by molar-refractivity contribution is -0.142. The van der Waals surface area contributed by atoms with E-state index >= 15 is 0 Å². The minimum atomic E-state index is -0.840. The Balaban J connectivity index is 1.96. The second kappa shape index (κ2) is 8.99. The summed E-state index contributed by atoms with van der Waals surface area (Å²) in [7, 11) is 0. The summed E-state index contributed by atoms with van der Waals surface area (Å²) in [5.41, 5.74) is 9.92. The van der Waals surface area contributed by atoms with Crippen LogP contribution in [0, 0.1) is 12.6 Å². The first-order chi connectivity index (χ1) is 12.0. The molecule has 0 spiro atoms. The molecule has 1 heterocycles. The summed E-state index contributed by atoms with van der Waals surface area (Å²) < 4.78 is 0. The highest BCUT2D eigenvalue weighted by atomic mass is 16.4. The SMILES string of the molecule is CC(C)C[C@@H](C(=O)O)N1[CH]N(C[C@H](Cc2ccccc2)N=[N+]=[N-])C=C1. The monoisotopic (exact) mass is 342 g/mol. The Bertz CT molecular complexity index is 640. The van der Waals surface area contributed by atoms with Gasteiger partial charge in [0.1, 0.15) is 12.7 Å². The molecule has 1 aliphatic heterocycles. The van der Waals surface area contributed by atoms with E-state index in [2.05, 4.69) is 10.0 Å². The van der Waals surface area contributed by atoms with Crippen molar-refractivity contribution in [3.63, 3.8) is 0 Å². The standard InChI is InChI=1S/C18H24N5O2/c1-14(2)10-17(18(24)25)23-9-8-22(13-23)12-16(20-21-19)11-15-6-4-3-5-7-15/h3-9,13-14,16-17H,10-12H2,1-2H3,(H,24,25)/t16-,17-/m0/s1. The van der Waals surface area contributed by atoms with Crippen molar-refractivity contribution in [3.8, 4) is 0 Å². The molecular formula is C18H24N5O2. The lowest BCUT2D eigenvalue weighted by Crippen LogP contribution is -2.38. The van der Waals surface area contributed by atoms with Gasteiger partial charge in [0.05, 0.1) is 6.04 Å². The van der Waals surface area contributed by atoms with Gasteiger partial charge in [-0.3, -0.25) is 0 Å². The molecule has 0 aromatic heterocycles. The second-order valence-electron chi connectivity index (χ2n) is 6.59. The average Bonchev–Trinajstić information content (AvgIpc) is 3.01. The number of benzene rings is 1. The minimum absolute atomic E-state index is 0.235. The van der Waals surface area contributed by atoms with Crippen molar-refractivity contribution in [2.75, 3.05) is 6.54 Å². The first kappa shape index (κ1) is 18.7. The third-order valence-corrected chi connectivity index (χ3v) is 4.00. The highest BCUT2D eigenvalue weighted by Gasteiger charge is 2.29. The van der Waals surface area contributed by atoms with Crippen LogP contribution in [-0.4, -0.2) is 39.5 Å². The van der Waals surface area contributed by atoms with Crippen LogP contribution in [0.5, 0.6) is 0 Å². The van der Waals surface area contributed by atoms with Gasteiger partial charge in [0.25, 0.3) is 0 Å². The van der Waals surface area contributed by atoms with Crippen LogP contribution in [0.2, 0.25) is 0 Å². The van der Waals surface area contributed by atoms with Gasteiger partial charge in [-0.2, -0.15) is 0 Å². The summed E-state index contributed by atoms with van der Waals surface area (Å²) in [4.78, 5) is 18.0. The van der Waals surface area contributed by atoms with Crippen molar-refractivity contribution in [1.29, 1.82) is 0 Å². The summed E-state index contributed by atoms with van der Waals surface area (Å²) in [5, 5.41) is 13.3. The molecule has 1 N–H and O–H groups in total. The highest BCUT2D eigenvalue weighted by Crippen LogP contribution is 2.21. The van der Waals surface area contributed by atoms with Crippen molar-refractivity contribution >= 4 is 5.97 Å². The number of rotatable bonds is 9. The Labute approximate surface area is 148 Å². The van der Waals surface area contributed by atoms with E-state index in [9.17, 15) is 9.90 Å². The number of hydrogen-bond donors (Lipinski definition) is 1. The predicted molar refractivity (Wildman–Crippen MR) is 95.9 cm³/mol. The molecule has 7 heteroatoms. The Morgan fingerprint density at radius 1 is 1.28 bits per heavy atom. The molecule has 1 aliphatic rings. The lowest BCUT2D eigenvalue weighted by Gasteiger charge is -2.28. The number of aliphatic carboxylic acids is 1. The van der Waals surface area contributed by atoms with Gasteiger partial charge in [-0.05, 0) is 29.9 Å². The molecule has 0 fully saturated rings. The maximum Gasteiger partial charge on any atom is 0.326 e. The van der Waals surface area contributed by atoms with Crippen molar-refractivity contribution in [3.05, 3.63) is 65.4 Å². The molecule has 2 rings (SSSR count). The van der Waals surface area contributed by atoms with Gasteiger partial charge >= 0.3 is 5.97 Å². The van der Waals surface area contributed by atoms with E-state index in [0.29, 0.717) is 19.4 Å². The van der Waals surface area contributed by atoms with Crippen LogP contribution < -0.4 is 0 Å². The van der Waals surface area contributed by atoms with Crippen LogP contribution in [0.3, 0.4) is 0 Å². The third-order valence-electron chi connectivity index (χ3n) is 4.00. The highest BCUT2D eigenvalue weighted by molar-refractivity contribution is 5.73. The third kappa shape index (κ3) is 5.72. The number of hydrogen-bond acceptors (Lipinski definition) is 4. The van der Waals surface area contributed by atoms with E-state index in [4.69, 9.17) is 5.53 Å². The number of nitrogens with zero attached hydrogens (tertiary/aromatic N) is 5. The van der Waals surface area contributed by atoms with Crippen molar-refractivity contribution in [2.24, 2.45) is 11.0 Å². The first-order valence-electron chi connectivity index (χ1n) is 8.37. The fourth-order valence-corrected chi connectivity index (χ4v) is 2.84. The van der Waals surface area contributed by atoms with Gasteiger partial charge in [-0.15, -0.1) is 0 Å². The van der Waals surface area contributed by atoms with Crippen LogP contribution in [-0.2, 0) is 11.2 Å². The van der Waals surface area contributed by atoms with Gasteiger partial charge in [0.2, 0.25) is 0 Å². The largest absolute Gasteiger partial charge is 0.480 e. The van der Waals surface area contributed by atoms with Crippen LogP contribution in [0.1, 0.15) is 25.8 Å². The quantitative estimate of drug-likeness (QED) is 0.421. The zero-order valence-electron chi connectivity index (χ0n) is 14.6. The summed E-state index contributed by atoms with van der Waals surface area (Å²) >= 11 is 0. The van der Waals surface area contributed by atoms with Crippen LogP contribution >= 0.6 is 0 Å². The van der Waals surface area contributed by atoms with Crippen LogP contribution in [0.15, 0.2) is 47.8 Å². The maximum absolute atomic E-state index is 11.5. The van der Waals surface area contributed by atoms with Crippen molar-refractivity contribution in [1.82, 2.24) is 9.80 Å². The Morgan fingerprint density at radius 2 is 2.00 bits per heavy atom. The molecule has 1 aromatic carbocycles. The molecule has 1 aromatic rings. The van der Waals surface area contributed by atoms with Gasteiger partial charge in [0.15, 0.2) is 0 Å². The number of carboxylic acid groups (broad SMARTS) is 1. The molecule has 0 aliphatic carbocycles. The van der Waals surface area contributed by atoms with E-state index in [1.807, 2.05) is 55.3 Å². The Morgan fingerprint density at radius 3 is 2.60 bits per heavy atom. The molecule has 0 saturated carbocycles. The molecule has 25 heavy (non-hydrogen) atoms. The molecule has 0 unspecified atom stereocenters. The fraction of sp³-hybridized carbons (Fsp3) is 0.444. The van der Waals surface area contributed by atoms with E-state index in [1.165, 1.54) is 0 Å². The predicted octanol–water partition coefficient (Wildman–Crippen LogP) is 3.62. The lowest BCUT2D eigenvalue weighted by atomic mass is 10.0. The topological polar surface area (TPSA) is 92.5 Å². The van der Waals surface area contributed by atoms with E-state index in [1.54, 1.807) is 17.8 Å². The summed E-state index contributed by atoms with van der Waals surface area (Å²) in [5.74, 6) is -0.557. The molecule has 7 nitrogen and oxygen atoms in total. The number of carboxylic acids is 1. The van der Waals surface area contributed by atoms with Crippen molar-refractivity contribution < 1.29 is 9.90 Å². The van der Waals surface area contributed by atoms with E-state index in [0.717, 1.165) is 5.56 Å². The maximum atomic E-state index is 11.5. The second-order valence-corrected chi connectivity index (χ2v) is 6.59. The molecule has 2 atom stereocenters. The minimum Gasteiger partial charge on any atom is -0.480 e. The Kier molecular flexibility index (Phi) is 6.71. The van der Waals surface area contributed by atoms with Crippen LogP contribution in [0.4, 0.5) is 0 Å². The average molecular weight is 342 g/mol. The van der Waals surface area contributed by atoms with E-state index in [-0.39, 0.29) is 12.0 Å². The Hall–Kier alpha value is -2.66.